The molecule has 0 saturated heterocycles. The second-order valence-electron chi connectivity index (χ2n) is 3.99. The smallest absolute Gasteiger partial charge is 0.260 e. The van der Waals surface area contributed by atoms with Crippen LogP contribution in [0.5, 0.6) is 5.75 Å². The second kappa shape index (κ2) is 6.30. The maximum atomic E-state index is 13.2. The van der Waals surface area contributed by atoms with E-state index >= 15 is 0 Å². The van der Waals surface area contributed by atoms with E-state index in [2.05, 4.69) is 0 Å². The normalized spacial score (nSPS) is 12.1. The lowest BCUT2D eigenvalue weighted by molar-refractivity contribution is -0.133. The average molecular weight is 259 g/mol. The number of halogens is 2. The summed E-state index contributed by atoms with van der Waals surface area (Å²) in [7, 11) is 1.50. The maximum absolute atomic E-state index is 13.2. The molecular formula is C12H15F2NO3. The highest BCUT2D eigenvalue weighted by atomic mass is 19.1. The first-order valence-electron chi connectivity index (χ1n) is 5.40. The molecule has 0 aromatic heterocycles. The number of aliphatic hydroxyl groups excluding tert-OH is 1. The lowest BCUT2D eigenvalue weighted by Crippen LogP contribution is -2.36. The summed E-state index contributed by atoms with van der Waals surface area (Å²) in [6.45, 7) is 1.34. The summed E-state index contributed by atoms with van der Waals surface area (Å²) in [6, 6.07) is 2.84. The highest BCUT2D eigenvalue weighted by molar-refractivity contribution is 5.77. The second-order valence-corrected chi connectivity index (χ2v) is 3.99. The number of rotatable bonds is 5. The van der Waals surface area contributed by atoms with Crippen LogP contribution in [-0.4, -0.2) is 42.2 Å². The Bertz CT molecular complexity index is 424. The largest absolute Gasteiger partial charge is 0.481 e. The van der Waals surface area contributed by atoms with Crippen LogP contribution in [0.25, 0.3) is 0 Å². The molecule has 0 radical (unpaired) electrons. The summed E-state index contributed by atoms with van der Waals surface area (Å²) in [5.41, 5.74) is 0. The van der Waals surface area contributed by atoms with Crippen LogP contribution >= 0.6 is 0 Å². The summed E-state index contributed by atoms with van der Waals surface area (Å²) in [6.07, 6.45) is -0.651. The third-order valence-electron chi connectivity index (χ3n) is 2.21. The molecule has 1 aromatic carbocycles. The summed E-state index contributed by atoms with van der Waals surface area (Å²) in [4.78, 5) is 12.8. The lowest BCUT2D eigenvalue weighted by Gasteiger charge is -2.18. The van der Waals surface area contributed by atoms with Gasteiger partial charge in [0.15, 0.2) is 18.2 Å². The zero-order chi connectivity index (χ0) is 13.7. The van der Waals surface area contributed by atoms with E-state index < -0.39 is 23.6 Å². The summed E-state index contributed by atoms with van der Waals surface area (Å²) in [5.74, 6) is -2.16. The molecule has 18 heavy (non-hydrogen) atoms. The van der Waals surface area contributed by atoms with Gasteiger partial charge in [-0.3, -0.25) is 4.79 Å². The van der Waals surface area contributed by atoms with Crippen LogP contribution in [0.15, 0.2) is 18.2 Å². The Hall–Kier alpha value is -1.69. The predicted octanol–water partition coefficient (Wildman–Crippen LogP) is 1.18. The molecule has 4 nitrogen and oxygen atoms in total. The third-order valence-corrected chi connectivity index (χ3v) is 2.21. The van der Waals surface area contributed by atoms with Gasteiger partial charge in [-0.05, 0) is 19.1 Å². The molecule has 100 valence electrons. The van der Waals surface area contributed by atoms with Crippen LogP contribution in [0, 0.1) is 11.6 Å². The van der Waals surface area contributed by atoms with Crippen molar-refractivity contribution in [1.29, 1.82) is 0 Å². The molecule has 1 aromatic rings. The molecule has 1 unspecified atom stereocenters. The topological polar surface area (TPSA) is 49.8 Å². The van der Waals surface area contributed by atoms with E-state index in [0.717, 1.165) is 12.1 Å². The molecule has 1 atom stereocenters. The van der Waals surface area contributed by atoms with Gasteiger partial charge in [0.25, 0.3) is 5.91 Å². The Balaban J connectivity index is 2.52. The molecule has 0 saturated carbocycles. The summed E-state index contributed by atoms with van der Waals surface area (Å²) < 4.78 is 30.7. The van der Waals surface area contributed by atoms with Crippen LogP contribution in [0.4, 0.5) is 8.78 Å². The molecular weight excluding hydrogens is 244 g/mol. The van der Waals surface area contributed by atoms with Gasteiger partial charge >= 0.3 is 0 Å². The highest BCUT2D eigenvalue weighted by Crippen LogP contribution is 2.17. The molecule has 0 heterocycles. The molecule has 0 spiro atoms. The van der Waals surface area contributed by atoms with Gasteiger partial charge in [0.05, 0.1) is 6.10 Å². The van der Waals surface area contributed by atoms with Crippen molar-refractivity contribution in [2.45, 2.75) is 13.0 Å². The molecule has 0 aliphatic heterocycles. The minimum atomic E-state index is -0.860. The van der Waals surface area contributed by atoms with Crippen molar-refractivity contribution in [3.8, 4) is 5.75 Å². The molecule has 0 aliphatic carbocycles. The number of nitrogens with zero attached hydrogens (tertiary/aromatic N) is 1. The minimum Gasteiger partial charge on any atom is -0.481 e. The Morgan fingerprint density at radius 2 is 2.17 bits per heavy atom. The summed E-state index contributed by atoms with van der Waals surface area (Å²) in [5, 5.41) is 9.10. The maximum Gasteiger partial charge on any atom is 0.260 e. The van der Waals surface area contributed by atoms with Crippen molar-refractivity contribution in [2.24, 2.45) is 0 Å². The first kappa shape index (κ1) is 14.4. The standard InChI is InChI=1S/C12H15F2NO3/c1-8(16)6-15(2)12(17)7-18-11-4-3-9(13)5-10(11)14/h3-5,8,16H,6-7H2,1-2H3. The zero-order valence-corrected chi connectivity index (χ0v) is 10.2. The molecule has 0 bridgehead atoms. The van der Waals surface area contributed by atoms with Gasteiger partial charge in [-0.15, -0.1) is 0 Å². The Kier molecular flexibility index (Phi) is 5.03. The van der Waals surface area contributed by atoms with Crippen molar-refractivity contribution in [2.75, 3.05) is 20.2 Å². The number of hydrogen-bond acceptors (Lipinski definition) is 3. The Morgan fingerprint density at radius 1 is 1.50 bits per heavy atom. The van der Waals surface area contributed by atoms with Crippen molar-refractivity contribution in [3.05, 3.63) is 29.8 Å². The third kappa shape index (κ3) is 4.29. The number of benzene rings is 1. The SMILES string of the molecule is CC(O)CN(C)C(=O)COc1ccc(F)cc1F. The lowest BCUT2D eigenvalue weighted by atomic mass is 10.3. The summed E-state index contributed by atoms with van der Waals surface area (Å²) >= 11 is 0. The fourth-order valence-corrected chi connectivity index (χ4v) is 1.34. The molecule has 0 fully saturated rings. The van der Waals surface area contributed by atoms with Gasteiger partial charge in [0.1, 0.15) is 5.82 Å². The number of hydrogen-bond donors (Lipinski definition) is 1. The Labute approximate surface area is 104 Å². The Morgan fingerprint density at radius 3 is 2.72 bits per heavy atom. The van der Waals surface area contributed by atoms with Gasteiger partial charge in [-0.25, -0.2) is 8.78 Å². The van der Waals surface area contributed by atoms with E-state index in [1.165, 1.54) is 11.9 Å². The van der Waals surface area contributed by atoms with Crippen molar-refractivity contribution in [3.63, 3.8) is 0 Å². The van der Waals surface area contributed by atoms with Gasteiger partial charge in [-0.2, -0.15) is 0 Å². The number of ether oxygens (including phenoxy) is 1. The van der Waals surface area contributed by atoms with E-state index in [4.69, 9.17) is 9.84 Å². The predicted molar refractivity (Wildman–Crippen MR) is 61.2 cm³/mol. The fraction of sp³-hybridized carbons (Fsp3) is 0.417. The number of carbonyl (C=O) groups excluding carboxylic acids is 1. The molecule has 1 N–H and O–H groups in total. The van der Waals surface area contributed by atoms with Gasteiger partial charge in [-0.1, -0.05) is 0 Å². The van der Waals surface area contributed by atoms with Crippen LogP contribution in [0.2, 0.25) is 0 Å². The van der Waals surface area contributed by atoms with Crippen molar-refractivity contribution >= 4 is 5.91 Å². The highest BCUT2D eigenvalue weighted by Gasteiger charge is 2.13. The van der Waals surface area contributed by atoms with Gasteiger partial charge in [0, 0.05) is 19.7 Å². The molecule has 6 heteroatoms. The van der Waals surface area contributed by atoms with E-state index in [-0.39, 0.29) is 18.9 Å². The number of likely N-dealkylation sites (N-methyl/N-ethyl adjacent to an activating group) is 1. The van der Waals surface area contributed by atoms with Crippen molar-refractivity contribution in [1.82, 2.24) is 4.90 Å². The zero-order valence-electron chi connectivity index (χ0n) is 10.2. The quantitative estimate of drug-likeness (QED) is 0.864. The van der Waals surface area contributed by atoms with Gasteiger partial charge < -0.3 is 14.7 Å². The van der Waals surface area contributed by atoms with Crippen LogP contribution in [0.1, 0.15) is 6.92 Å². The van der Waals surface area contributed by atoms with E-state index in [0.29, 0.717) is 6.07 Å². The van der Waals surface area contributed by atoms with Crippen LogP contribution in [0.3, 0.4) is 0 Å². The van der Waals surface area contributed by atoms with Gasteiger partial charge in [0.2, 0.25) is 0 Å². The molecule has 1 rings (SSSR count). The van der Waals surface area contributed by atoms with E-state index in [9.17, 15) is 13.6 Å². The molecule has 0 aliphatic rings. The number of aliphatic hydroxyl groups is 1. The minimum absolute atomic E-state index is 0.161. The van der Waals surface area contributed by atoms with E-state index in [1.54, 1.807) is 6.92 Å². The fourth-order valence-electron chi connectivity index (χ4n) is 1.34. The van der Waals surface area contributed by atoms with Crippen LogP contribution < -0.4 is 4.74 Å². The first-order chi connectivity index (χ1) is 8.40. The molecule has 1 amide bonds. The number of carbonyl (C=O) groups is 1. The van der Waals surface area contributed by atoms with Crippen LogP contribution in [-0.2, 0) is 4.79 Å². The average Bonchev–Trinajstić information content (AvgIpc) is 2.26. The first-order valence-corrected chi connectivity index (χ1v) is 5.40. The monoisotopic (exact) mass is 259 g/mol. The van der Waals surface area contributed by atoms with Crippen molar-refractivity contribution < 1.29 is 23.4 Å². The van der Waals surface area contributed by atoms with E-state index in [1.807, 2.05) is 0 Å². The number of amides is 1.